The Labute approximate surface area is 183 Å². The van der Waals surface area contributed by atoms with Crippen molar-refractivity contribution in [2.45, 2.75) is 37.5 Å². The molecule has 3 heterocycles. The van der Waals surface area contributed by atoms with Crippen LogP contribution in [0.5, 0.6) is 0 Å². The highest BCUT2D eigenvalue weighted by Gasteiger charge is 2.44. The molecule has 0 radical (unpaired) electrons. The average molecular weight is 452 g/mol. The number of piperidine rings is 1. The Balaban J connectivity index is 0.00000218. The number of hydrogen-bond acceptors (Lipinski definition) is 3. The van der Waals surface area contributed by atoms with Crippen molar-refractivity contribution in [1.29, 1.82) is 0 Å². The Morgan fingerprint density at radius 3 is 2.73 bits per heavy atom. The Bertz CT molecular complexity index is 1220. The van der Waals surface area contributed by atoms with Gasteiger partial charge in [0, 0.05) is 0 Å². The molecule has 0 amide bonds. The summed E-state index contributed by atoms with van der Waals surface area (Å²) in [5, 5.41) is 3.46. The molecular weight excluding hydrogens is 431 g/mol. The van der Waals surface area contributed by atoms with E-state index in [1.807, 2.05) is 36.6 Å². The first kappa shape index (κ1) is 21.2. The predicted octanol–water partition coefficient (Wildman–Crippen LogP) is 4.81. The molecule has 1 saturated heterocycles. The molecule has 1 N–H and O–H groups in total. The quantitative estimate of drug-likeness (QED) is 0.577. The second-order valence-electron chi connectivity index (χ2n) is 8.39. The third-order valence-electron chi connectivity index (χ3n) is 6.24. The first-order valence-corrected chi connectivity index (χ1v) is 10.0. The molecule has 5 rings (SSSR count). The predicted molar refractivity (Wildman–Crippen MR) is 117 cm³/mol. The van der Waals surface area contributed by atoms with Crippen molar-refractivity contribution >= 4 is 34.9 Å². The van der Waals surface area contributed by atoms with Gasteiger partial charge in [0.25, 0.3) is 11.5 Å². The van der Waals surface area contributed by atoms with E-state index in [1.54, 1.807) is 18.2 Å². The summed E-state index contributed by atoms with van der Waals surface area (Å²) in [5.41, 5.74) is 2.10. The van der Waals surface area contributed by atoms with Crippen LogP contribution in [0.1, 0.15) is 43.1 Å². The number of fused-ring (bicyclic) bond motifs is 5. The van der Waals surface area contributed by atoms with Crippen LogP contribution in [0.25, 0.3) is 16.6 Å². The SMILES string of the molecule is CC1(C)c2ccc(C3CCNCC3(F)F)cc2-n2c1nc(=O)c1c(Cl)cccc12.Cl. The molecule has 0 bridgehead atoms. The van der Waals surface area contributed by atoms with Crippen LogP contribution in [0.4, 0.5) is 8.78 Å². The fourth-order valence-corrected chi connectivity index (χ4v) is 4.99. The maximum atomic E-state index is 14.6. The molecule has 158 valence electrons. The van der Waals surface area contributed by atoms with Gasteiger partial charge in [-0.05, 0) is 56.1 Å². The number of benzene rings is 2. The largest absolute Gasteiger partial charge is 0.311 e. The molecule has 3 aromatic rings. The number of alkyl halides is 2. The van der Waals surface area contributed by atoms with E-state index in [1.165, 1.54) is 0 Å². The van der Waals surface area contributed by atoms with Gasteiger partial charge in [0.15, 0.2) is 0 Å². The molecule has 4 nitrogen and oxygen atoms in total. The summed E-state index contributed by atoms with van der Waals surface area (Å²) in [6.45, 7) is 4.23. The summed E-state index contributed by atoms with van der Waals surface area (Å²) in [7, 11) is 0. The number of rotatable bonds is 1. The standard InChI is InChI=1S/C22H20ClF2N3O.ClH/c1-21(2)14-7-6-12(13-8-9-26-11-22(13,24)25)10-17(14)28-16-5-3-4-15(23)18(16)19(29)27-20(21)28;/h3-7,10,13,26H,8-9,11H2,1-2H3;1H. The highest BCUT2D eigenvalue weighted by molar-refractivity contribution is 6.35. The van der Waals surface area contributed by atoms with Crippen LogP contribution in [0.2, 0.25) is 5.02 Å². The molecule has 0 aliphatic carbocycles. The zero-order valence-corrected chi connectivity index (χ0v) is 18.1. The normalized spacial score (nSPS) is 21.0. The molecular formula is C22H21Cl2F2N3O. The molecule has 30 heavy (non-hydrogen) atoms. The van der Waals surface area contributed by atoms with Crippen LogP contribution in [0, 0.1) is 0 Å². The lowest BCUT2D eigenvalue weighted by Crippen LogP contribution is -2.44. The molecule has 0 spiro atoms. The lowest BCUT2D eigenvalue weighted by atomic mass is 9.82. The van der Waals surface area contributed by atoms with Gasteiger partial charge in [-0.3, -0.25) is 9.36 Å². The van der Waals surface area contributed by atoms with E-state index in [4.69, 9.17) is 11.6 Å². The fraction of sp³-hybridized carbons (Fsp3) is 0.364. The van der Waals surface area contributed by atoms with Gasteiger partial charge in [-0.15, -0.1) is 12.4 Å². The zero-order valence-electron chi connectivity index (χ0n) is 16.5. The number of nitrogens with zero attached hydrogens (tertiary/aromatic N) is 2. The molecule has 8 heteroatoms. The Morgan fingerprint density at radius 2 is 2.00 bits per heavy atom. The molecule has 1 fully saturated rings. The molecule has 1 unspecified atom stereocenters. The van der Waals surface area contributed by atoms with Crippen LogP contribution >= 0.6 is 24.0 Å². The monoisotopic (exact) mass is 451 g/mol. The number of hydrogen-bond donors (Lipinski definition) is 1. The second-order valence-corrected chi connectivity index (χ2v) is 8.80. The Hall–Kier alpha value is -2.02. The van der Waals surface area contributed by atoms with Crippen molar-refractivity contribution < 1.29 is 8.78 Å². The minimum absolute atomic E-state index is 0. The summed E-state index contributed by atoms with van der Waals surface area (Å²) in [5.74, 6) is -3.05. The molecule has 1 atom stereocenters. The highest BCUT2D eigenvalue weighted by atomic mass is 35.5. The van der Waals surface area contributed by atoms with Gasteiger partial charge in [-0.25, -0.2) is 8.78 Å². The van der Waals surface area contributed by atoms with E-state index < -0.39 is 17.3 Å². The van der Waals surface area contributed by atoms with Gasteiger partial charge in [-0.1, -0.05) is 29.8 Å². The average Bonchev–Trinajstić information content (AvgIpc) is 2.88. The first-order valence-electron chi connectivity index (χ1n) is 9.67. The molecule has 2 aliphatic rings. The van der Waals surface area contributed by atoms with Gasteiger partial charge in [0.1, 0.15) is 5.82 Å². The van der Waals surface area contributed by atoms with Crippen molar-refractivity contribution in [1.82, 2.24) is 14.9 Å². The number of aromatic nitrogens is 2. The van der Waals surface area contributed by atoms with E-state index in [0.717, 1.165) is 11.3 Å². The summed E-state index contributed by atoms with van der Waals surface area (Å²) in [6, 6.07) is 10.8. The topological polar surface area (TPSA) is 46.9 Å². The zero-order chi connectivity index (χ0) is 20.6. The van der Waals surface area contributed by atoms with E-state index in [0.29, 0.717) is 40.3 Å². The lowest BCUT2D eigenvalue weighted by Gasteiger charge is -2.32. The van der Waals surface area contributed by atoms with Crippen LogP contribution in [0.3, 0.4) is 0 Å². The van der Waals surface area contributed by atoms with E-state index in [2.05, 4.69) is 10.3 Å². The summed E-state index contributed by atoms with van der Waals surface area (Å²) in [4.78, 5) is 17.0. The van der Waals surface area contributed by atoms with E-state index >= 15 is 0 Å². The van der Waals surface area contributed by atoms with Gasteiger partial charge >= 0.3 is 0 Å². The minimum Gasteiger partial charge on any atom is -0.311 e. The maximum absolute atomic E-state index is 14.6. The lowest BCUT2D eigenvalue weighted by molar-refractivity contribution is -0.0420. The summed E-state index contributed by atoms with van der Waals surface area (Å²) in [6.07, 6.45) is 0.372. The number of halogens is 4. The molecule has 1 aromatic heterocycles. The van der Waals surface area contributed by atoms with Crippen molar-refractivity contribution in [3.63, 3.8) is 0 Å². The first-order chi connectivity index (χ1) is 13.7. The van der Waals surface area contributed by atoms with Gasteiger partial charge in [0.2, 0.25) is 0 Å². The number of nitrogens with one attached hydrogen (secondary N) is 1. The molecule has 0 saturated carbocycles. The summed E-state index contributed by atoms with van der Waals surface area (Å²) >= 11 is 6.29. The van der Waals surface area contributed by atoms with E-state index in [-0.39, 0.29) is 24.5 Å². The van der Waals surface area contributed by atoms with Gasteiger partial charge < -0.3 is 5.32 Å². The second kappa shape index (κ2) is 7.01. The van der Waals surface area contributed by atoms with Crippen molar-refractivity contribution in [2.24, 2.45) is 0 Å². The third-order valence-corrected chi connectivity index (χ3v) is 6.56. The molecule has 2 aromatic carbocycles. The fourth-order valence-electron chi connectivity index (χ4n) is 4.74. The highest BCUT2D eigenvalue weighted by Crippen LogP contribution is 2.46. The van der Waals surface area contributed by atoms with Crippen molar-refractivity contribution in [3.8, 4) is 5.69 Å². The smallest absolute Gasteiger partial charge is 0.282 e. The minimum atomic E-state index is -2.81. The van der Waals surface area contributed by atoms with E-state index in [9.17, 15) is 13.6 Å². The van der Waals surface area contributed by atoms with Crippen molar-refractivity contribution in [3.05, 3.63) is 68.7 Å². The van der Waals surface area contributed by atoms with Crippen LogP contribution < -0.4 is 10.9 Å². The Morgan fingerprint density at radius 1 is 1.23 bits per heavy atom. The van der Waals surface area contributed by atoms with Crippen molar-refractivity contribution in [2.75, 3.05) is 13.1 Å². The van der Waals surface area contributed by atoms with Crippen LogP contribution in [-0.4, -0.2) is 28.6 Å². The van der Waals surface area contributed by atoms with Crippen LogP contribution in [-0.2, 0) is 5.41 Å². The Kier molecular flexibility index (Phi) is 4.96. The molecule has 2 aliphatic heterocycles. The summed E-state index contributed by atoms with van der Waals surface area (Å²) < 4.78 is 31.0. The maximum Gasteiger partial charge on any atom is 0.282 e. The van der Waals surface area contributed by atoms with Crippen LogP contribution in [0.15, 0.2) is 41.2 Å². The van der Waals surface area contributed by atoms with Gasteiger partial charge in [-0.2, -0.15) is 4.98 Å². The van der Waals surface area contributed by atoms with Gasteiger partial charge in [0.05, 0.1) is 39.5 Å². The third kappa shape index (κ3) is 2.88.